The Hall–Kier alpha value is -2.47. The highest BCUT2D eigenvalue weighted by Crippen LogP contribution is 2.24. The van der Waals surface area contributed by atoms with Crippen LogP contribution in [0.4, 0.5) is 15.0 Å². The van der Waals surface area contributed by atoms with Crippen LogP contribution in [0.15, 0.2) is 42.5 Å². The molecule has 1 aliphatic rings. The Kier molecular flexibility index (Phi) is 4.52. The minimum absolute atomic E-state index is 0.257. The van der Waals surface area contributed by atoms with Crippen LogP contribution in [0.1, 0.15) is 17.4 Å². The molecule has 1 N–H and O–H groups in total. The molecule has 1 aromatic carbocycles. The van der Waals surface area contributed by atoms with Crippen molar-refractivity contribution in [1.82, 2.24) is 9.88 Å². The first-order valence-electron chi connectivity index (χ1n) is 7.49. The van der Waals surface area contributed by atoms with Gasteiger partial charge in [-0.1, -0.05) is 24.3 Å². The lowest BCUT2D eigenvalue weighted by molar-refractivity contribution is -0.0152. The molecular formula is C17H18FN3O2. The second-order valence-corrected chi connectivity index (χ2v) is 5.42. The Balaban J connectivity index is 1.68. The summed E-state index contributed by atoms with van der Waals surface area (Å²) < 4.78 is 19.5. The standard InChI is InChI=1S/C17H18FN3O2/c1-12-5-4-8-16(19-12)20-17(22)21-9-10-23-15(11-21)13-6-2-3-7-14(13)18/h2-8,15H,9-11H2,1H3,(H,19,20,22)/t15-/m1/s1. The second-order valence-electron chi connectivity index (χ2n) is 5.42. The molecule has 120 valence electrons. The predicted molar refractivity (Wildman–Crippen MR) is 84.7 cm³/mol. The van der Waals surface area contributed by atoms with E-state index in [1.165, 1.54) is 6.07 Å². The van der Waals surface area contributed by atoms with Gasteiger partial charge in [-0.2, -0.15) is 0 Å². The molecule has 2 heterocycles. The molecule has 6 heteroatoms. The number of halogens is 1. The van der Waals surface area contributed by atoms with Crippen LogP contribution >= 0.6 is 0 Å². The fourth-order valence-corrected chi connectivity index (χ4v) is 2.56. The van der Waals surface area contributed by atoms with E-state index >= 15 is 0 Å². The van der Waals surface area contributed by atoms with Gasteiger partial charge in [0.2, 0.25) is 0 Å². The molecule has 1 saturated heterocycles. The number of ether oxygens (including phenoxy) is 1. The molecule has 1 aliphatic heterocycles. The summed E-state index contributed by atoms with van der Waals surface area (Å²) in [4.78, 5) is 18.2. The van der Waals surface area contributed by atoms with Gasteiger partial charge in [-0.05, 0) is 25.1 Å². The van der Waals surface area contributed by atoms with Crippen molar-refractivity contribution in [2.45, 2.75) is 13.0 Å². The Bertz CT molecular complexity index is 708. The molecule has 2 aromatic rings. The molecule has 0 saturated carbocycles. The number of aryl methyl sites for hydroxylation is 1. The van der Waals surface area contributed by atoms with Crippen molar-refractivity contribution >= 4 is 11.8 Å². The number of nitrogens with one attached hydrogen (secondary N) is 1. The van der Waals surface area contributed by atoms with E-state index in [4.69, 9.17) is 4.74 Å². The van der Waals surface area contributed by atoms with Gasteiger partial charge in [-0.25, -0.2) is 14.2 Å². The SMILES string of the molecule is Cc1cccc(NC(=O)N2CCO[C@@H](c3ccccc3F)C2)n1. The number of hydrogen-bond acceptors (Lipinski definition) is 3. The minimum Gasteiger partial charge on any atom is -0.370 e. The maximum absolute atomic E-state index is 13.9. The largest absolute Gasteiger partial charge is 0.370 e. The van der Waals surface area contributed by atoms with E-state index in [9.17, 15) is 9.18 Å². The summed E-state index contributed by atoms with van der Waals surface area (Å²) in [6, 6.07) is 11.6. The number of hydrogen-bond donors (Lipinski definition) is 1. The maximum atomic E-state index is 13.9. The molecule has 1 aromatic heterocycles. The van der Waals surface area contributed by atoms with Crippen LogP contribution in [-0.2, 0) is 4.74 Å². The van der Waals surface area contributed by atoms with E-state index in [2.05, 4.69) is 10.3 Å². The number of amides is 2. The summed E-state index contributed by atoms with van der Waals surface area (Å²) in [5.41, 5.74) is 1.30. The molecule has 3 rings (SSSR count). The number of pyridine rings is 1. The molecule has 0 radical (unpaired) electrons. The molecular weight excluding hydrogens is 297 g/mol. The van der Waals surface area contributed by atoms with E-state index in [0.717, 1.165) is 5.69 Å². The summed E-state index contributed by atoms with van der Waals surface area (Å²) in [5.74, 6) is 0.184. The fraction of sp³-hybridized carbons (Fsp3) is 0.294. The van der Waals surface area contributed by atoms with Crippen molar-refractivity contribution in [3.63, 3.8) is 0 Å². The van der Waals surface area contributed by atoms with Crippen molar-refractivity contribution in [3.05, 3.63) is 59.5 Å². The van der Waals surface area contributed by atoms with E-state index in [1.54, 1.807) is 29.2 Å². The summed E-state index contributed by atoms with van der Waals surface area (Å²) in [6.07, 6.45) is -0.457. The minimum atomic E-state index is -0.457. The first-order valence-corrected chi connectivity index (χ1v) is 7.49. The Morgan fingerprint density at radius 3 is 2.91 bits per heavy atom. The van der Waals surface area contributed by atoms with Gasteiger partial charge in [0.25, 0.3) is 0 Å². The van der Waals surface area contributed by atoms with Gasteiger partial charge in [0.15, 0.2) is 0 Å². The Morgan fingerprint density at radius 2 is 2.13 bits per heavy atom. The maximum Gasteiger partial charge on any atom is 0.323 e. The number of nitrogens with zero attached hydrogens (tertiary/aromatic N) is 2. The highest BCUT2D eigenvalue weighted by Gasteiger charge is 2.27. The van der Waals surface area contributed by atoms with Crippen LogP contribution in [0, 0.1) is 12.7 Å². The van der Waals surface area contributed by atoms with Crippen LogP contribution in [-0.4, -0.2) is 35.6 Å². The van der Waals surface area contributed by atoms with Crippen molar-refractivity contribution < 1.29 is 13.9 Å². The number of rotatable bonds is 2. The first-order chi connectivity index (χ1) is 11.1. The van der Waals surface area contributed by atoms with Gasteiger partial charge in [-0.15, -0.1) is 0 Å². The topological polar surface area (TPSA) is 54.5 Å². The average molecular weight is 315 g/mol. The molecule has 1 fully saturated rings. The zero-order valence-corrected chi connectivity index (χ0v) is 12.8. The van der Waals surface area contributed by atoms with Crippen LogP contribution in [0.5, 0.6) is 0 Å². The van der Waals surface area contributed by atoms with E-state index in [1.807, 2.05) is 19.1 Å². The van der Waals surface area contributed by atoms with Gasteiger partial charge in [-0.3, -0.25) is 5.32 Å². The third kappa shape index (κ3) is 3.65. The smallest absolute Gasteiger partial charge is 0.323 e. The number of benzene rings is 1. The quantitative estimate of drug-likeness (QED) is 0.926. The van der Waals surface area contributed by atoms with E-state index in [0.29, 0.717) is 31.1 Å². The van der Waals surface area contributed by atoms with Crippen LogP contribution in [0.2, 0.25) is 0 Å². The Morgan fingerprint density at radius 1 is 1.30 bits per heavy atom. The van der Waals surface area contributed by atoms with E-state index in [-0.39, 0.29) is 11.8 Å². The van der Waals surface area contributed by atoms with Gasteiger partial charge in [0, 0.05) is 17.8 Å². The normalized spacial score (nSPS) is 17.8. The average Bonchev–Trinajstić information content (AvgIpc) is 2.55. The van der Waals surface area contributed by atoms with Crippen LogP contribution in [0.25, 0.3) is 0 Å². The van der Waals surface area contributed by atoms with Crippen molar-refractivity contribution in [2.24, 2.45) is 0 Å². The number of morpholine rings is 1. The molecule has 0 unspecified atom stereocenters. The highest BCUT2D eigenvalue weighted by atomic mass is 19.1. The number of aromatic nitrogens is 1. The van der Waals surface area contributed by atoms with Crippen molar-refractivity contribution in [1.29, 1.82) is 0 Å². The number of carbonyl (C=O) groups is 1. The second kappa shape index (κ2) is 6.75. The molecule has 0 bridgehead atoms. The molecule has 0 spiro atoms. The summed E-state index contributed by atoms with van der Waals surface area (Å²) in [5, 5.41) is 2.77. The summed E-state index contributed by atoms with van der Waals surface area (Å²) >= 11 is 0. The molecule has 2 amide bonds. The lowest BCUT2D eigenvalue weighted by Gasteiger charge is -2.33. The zero-order valence-electron chi connectivity index (χ0n) is 12.8. The number of carbonyl (C=O) groups excluding carboxylic acids is 1. The number of urea groups is 1. The molecule has 23 heavy (non-hydrogen) atoms. The highest BCUT2D eigenvalue weighted by molar-refractivity contribution is 5.88. The number of anilines is 1. The van der Waals surface area contributed by atoms with Crippen molar-refractivity contribution in [3.8, 4) is 0 Å². The summed E-state index contributed by atoms with van der Waals surface area (Å²) in [6.45, 7) is 2.99. The molecule has 0 aliphatic carbocycles. The fourth-order valence-electron chi connectivity index (χ4n) is 2.56. The summed E-state index contributed by atoms with van der Waals surface area (Å²) in [7, 11) is 0. The first kappa shape index (κ1) is 15.4. The van der Waals surface area contributed by atoms with Gasteiger partial charge in [0.05, 0.1) is 13.2 Å². The van der Waals surface area contributed by atoms with Gasteiger partial charge >= 0.3 is 6.03 Å². The third-order valence-electron chi connectivity index (χ3n) is 3.73. The van der Waals surface area contributed by atoms with Crippen LogP contribution < -0.4 is 5.32 Å². The third-order valence-corrected chi connectivity index (χ3v) is 3.73. The van der Waals surface area contributed by atoms with Gasteiger partial charge in [0.1, 0.15) is 17.7 Å². The van der Waals surface area contributed by atoms with Crippen LogP contribution in [0.3, 0.4) is 0 Å². The Labute approximate surface area is 134 Å². The molecule has 1 atom stereocenters. The lowest BCUT2D eigenvalue weighted by atomic mass is 10.1. The van der Waals surface area contributed by atoms with Gasteiger partial charge < -0.3 is 9.64 Å². The molecule has 5 nitrogen and oxygen atoms in total. The predicted octanol–water partition coefficient (Wildman–Crippen LogP) is 3.13. The van der Waals surface area contributed by atoms with Crippen molar-refractivity contribution in [2.75, 3.05) is 25.0 Å². The van der Waals surface area contributed by atoms with E-state index < -0.39 is 6.10 Å². The monoisotopic (exact) mass is 315 g/mol. The zero-order chi connectivity index (χ0) is 16.2. The lowest BCUT2D eigenvalue weighted by Crippen LogP contribution is -2.44.